The van der Waals surface area contributed by atoms with E-state index >= 15 is 0 Å². The Kier molecular flexibility index (Phi) is 7.82. The third kappa shape index (κ3) is 6.50. The zero-order chi connectivity index (χ0) is 24.6. The molecule has 2 heterocycles. The summed E-state index contributed by atoms with van der Waals surface area (Å²) in [6, 6.07) is 17.0. The Labute approximate surface area is 204 Å². The zero-order valence-corrected chi connectivity index (χ0v) is 19.7. The van der Waals surface area contributed by atoms with Crippen molar-refractivity contribution in [1.29, 1.82) is 0 Å². The molecule has 1 aliphatic rings. The van der Waals surface area contributed by atoms with E-state index in [-0.39, 0.29) is 29.4 Å². The molecule has 3 amide bonds. The van der Waals surface area contributed by atoms with Crippen molar-refractivity contribution in [3.63, 3.8) is 0 Å². The minimum absolute atomic E-state index is 0.0642. The molecule has 1 saturated heterocycles. The smallest absolute Gasteiger partial charge is 0.273 e. The van der Waals surface area contributed by atoms with Gasteiger partial charge in [0.15, 0.2) is 11.5 Å². The van der Waals surface area contributed by atoms with Crippen molar-refractivity contribution in [3.8, 4) is 0 Å². The number of aryl methyl sites for hydroxylation is 2. The van der Waals surface area contributed by atoms with E-state index in [0.29, 0.717) is 37.9 Å². The maximum atomic E-state index is 12.9. The standard InChI is InChI=1S/C27H29N5O3/c1-19-7-10-21(11-8-19)26(34)31-25-24(28-15-16-29-25)27(35)30-22-13-17-32(18-14-22)23(33)12-9-20-5-3-2-4-6-20/h2-8,10-11,15-16,22H,9,12-14,17-18H2,1H3,(H,30,35)(H,29,31,34). The van der Waals surface area contributed by atoms with Crippen LogP contribution in [0.15, 0.2) is 67.0 Å². The van der Waals surface area contributed by atoms with E-state index in [2.05, 4.69) is 20.6 Å². The second kappa shape index (κ2) is 11.4. The van der Waals surface area contributed by atoms with Crippen molar-refractivity contribution in [2.24, 2.45) is 0 Å². The number of carbonyl (C=O) groups is 3. The van der Waals surface area contributed by atoms with E-state index in [1.807, 2.05) is 54.3 Å². The second-order valence-corrected chi connectivity index (χ2v) is 8.69. The summed E-state index contributed by atoms with van der Waals surface area (Å²) in [6.07, 6.45) is 5.37. The minimum Gasteiger partial charge on any atom is -0.348 e. The first kappa shape index (κ1) is 24.1. The summed E-state index contributed by atoms with van der Waals surface area (Å²) in [5.74, 6) is -0.509. The lowest BCUT2D eigenvalue weighted by atomic mass is 10.0. The topological polar surface area (TPSA) is 104 Å². The fourth-order valence-corrected chi connectivity index (χ4v) is 4.06. The molecule has 0 spiro atoms. The van der Waals surface area contributed by atoms with Crippen molar-refractivity contribution in [3.05, 3.63) is 89.4 Å². The summed E-state index contributed by atoms with van der Waals surface area (Å²) in [7, 11) is 0. The molecule has 1 aliphatic heterocycles. The Bertz CT molecular complexity index is 1170. The van der Waals surface area contributed by atoms with Crippen LogP contribution >= 0.6 is 0 Å². The van der Waals surface area contributed by atoms with E-state index < -0.39 is 5.91 Å². The molecule has 0 saturated carbocycles. The van der Waals surface area contributed by atoms with Gasteiger partial charge in [-0.05, 0) is 43.9 Å². The van der Waals surface area contributed by atoms with Gasteiger partial charge < -0.3 is 15.5 Å². The van der Waals surface area contributed by atoms with Crippen LogP contribution in [0.3, 0.4) is 0 Å². The first-order valence-electron chi connectivity index (χ1n) is 11.8. The molecular weight excluding hydrogens is 442 g/mol. The van der Waals surface area contributed by atoms with Gasteiger partial charge in [0.05, 0.1) is 0 Å². The second-order valence-electron chi connectivity index (χ2n) is 8.69. The highest BCUT2D eigenvalue weighted by Gasteiger charge is 2.25. The van der Waals surface area contributed by atoms with Gasteiger partial charge in [0.2, 0.25) is 5.91 Å². The molecule has 0 radical (unpaired) electrons. The van der Waals surface area contributed by atoms with Gasteiger partial charge in [0.25, 0.3) is 11.8 Å². The molecular formula is C27H29N5O3. The average molecular weight is 472 g/mol. The lowest BCUT2D eigenvalue weighted by molar-refractivity contribution is -0.132. The number of rotatable bonds is 7. The first-order chi connectivity index (χ1) is 17.0. The number of anilines is 1. The molecule has 0 unspecified atom stereocenters. The maximum absolute atomic E-state index is 12.9. The van der Waals surface area contributed by atoms with Gasteiger partial charge in [-0.3, -0.25) is 14.4 Å². The molecule has 0 atom stereocenters. The van der Waals surface area contributed by atoms with Crippen LogP contribution in [0.5, 0.6) is 0 Å². The zero-order valence-electron chi connectivity index (χ0n) is 19.7. The summed E-state index contributed by atoms with van der Waals surface area (Å²) in [5, 5.41) is 5.67. The van der Waals surface area contributed by atoms with Crippen molar-refractivity contribution < 1.29 is 14.4 Å². The van der Waals surface area contributed by atoms with Crippen LogP contribution in [0.1, 0.15) is 51.2 Å². The summed E-state index contributed by atoms with van der Waals surface area (Å²) in [6.45, 7) is 3.13. The Morgan fingerprint density at radius 1 is 0.914 bits per heavy atom. The Hall–Kier alpha value is -4.07. The average Bonchev–Trinajstić information content (AvgIpc) is 2.89. The quantitative estimate of drug-likeness (QED) is 0.550. The van der Waals surface area contributed by atoms with Crippen LogP contribution in [-0.4, -0.2) is 51.7 Å². The summed E-state index contributed by atoms with van der Waals surface area (Å²) >= 11 is 0. The van der Waals surface area contributed by atoms with Gasteiger partial charge in [-0.1, -0.05) is 48.0 Å². The number of amides is 3. The van der Waals surface area contributed by atoms with E-state index in [9.17, 15) is 14.4 Å². The number of piperidine rings is 1. The summed E-state index contributed by atoms with van der Waals surface area (Å²) in [5.41, 5.74) is 2.73. The largest absolute Gasteiger partial charge is 0.348 e. The number of nitrogens with zero attached hydrogens (tertiary/aromatic N) is 3. The molecule has 180 valence electrons. The van der Waals surface area contributed by atoms with E-state index in [0.717, 1.165) is 17.5 Å². The first-order valence-corrected chi connectivity index (χ1v) is 11.8. The third-order valence-corrected chi connectivity index (χ3v) is 6.11. The lowest BCUT2D eigenvalue weighted by Crippen LogP contribution is -2.46. The molecule has 1 aromatic heterocycles. The highest BCUT2D eigenvalue weighted by Crippen LogP contribution is 2.16. The molecule has 3 aromatic rings. The number of aromatic nitrogens is 2. The number of nitrogens with one attached hydrogen (secondary N) is 2. The summed E-state index contributed by atoms with van der Waals surface area (Å²) in [4.78, 5) is 48.3. The number of hydrogen-bond donors (Lipinski definition) is 2. The molecule has 0 aliphatic carbocycles. The number of hydrogen-bond acceptors (Lipinski definition) is 5. The van der Waals surface area contributed by atoms with Crippen LogP contribution in [0.4, 0.5) is 5.82 Å². The van der Waals surface area contributed by atoms with Gasteiger partial charge in [0.1, 0.15) is 0 Å². The Morgan fingerprint density at radius 2 is 1.60 bits per heavy atom. The van der Waals surface area contributed by atoms with Crippen molar-refractivity contribution >= 4 is 23.5 Å². The Morgan fingerprint density at radius 3 is 2.31 bits per heavy atom. The van der Waals surface area contributed by atoms with E-state index in [1.165, 1.54) is 12.4 Å². The van der Waals surface area contributed by atoms with Gasteiger partial charge in [-0.2, -0.15) is 0 Å². The predicted octanol–water partition coefficient (Wildman–Crippen LogP) is 3.39. The van der Waals surface area contributed by atoms with Crippen LogP contribution < -0.4 is 10.6 Å². The van der Waals surface area contributed by atoms with Gasteiger partial charge >= 0.3 is 0 Å². The molecule has 8 nitrogen and oxygen atoms in total. The minimum atomic E-state index is -0.397. The van der Waals surface area contributed by atoms with Crippen LogP contribution in [0, 0.1) is 6.92 Å². The number of likely N-dealkylation sites (tertiary alicyclic amines) is 1. The van der Waals surface area contributed by atoms with Gasteiger partial charge in [-0.25, -0.2) is 9.97 Å². The molecule has 1 fully saturated rings. The molecule has 2 N–H and O–H groups in total. The van der Waals surface area contributed by atoms with E-state index in [4.69, 9.17) is 0 Å². The Balaban J connectivity index is 1.29. The van der Waals surface area contributed by atoms with Crippen LogP contribution in [0.25, 0.3) is 0 Å². The van der Waals surface area contributed by atoms with Crippen LogP contribution in [-0.2, 0) is 11.2 Å². The van der Waals surface area contributed by atoms with Crippen LogP contribution in [0.2, 0.25) is 0 Å². The third-order valence-electron chi connectivity index (χ3n) is 6.11. The maximum Gasteiger partial charge on any atom is 0.273 e. The molecule has 2 aromatic carbocycles. The lowest BCUT2D eigenvalue weighted by Gasteiger charge is -2.32. The van der Waals surface area contributed by atoms with Gasteiger partial charge in [0, 0.05) is 43.5 Å². The van der Waals surface area contributed by atoms with Crippen molar-refractivity contribution in [1.82, 2.24) is 20.2 Å². The normalized spacial score (nSPS) is 13.8. The predicted molar refractivity (Wildman–Crippen MR) is 133 cm³/mol. The molecule has 4 rings (SSSR count). The number of carbonyl (C=O) groups excluding carboxylic acids is 3. The van der Waals surface area contributed by atoms with Crippen molar-refractivity contribution in [2.75, 3.05) is 18.4 Å². The highest BCUT2D eigenvalue weighted by atomic mass is 16.2. The van der Waals surface area contributed by atoms with E-state index in [1.54, 1.807) is 12.1 Å². The molecule has 8 heteroatoms. The van der Waals surface area contributed by atoms with Crippen molar-refractivity contribution in [2.45, 2.75) is 38.6 Å². The highest BCUT2D eigenvalue weighted by molar-refractivity contribution is 6.07. The fourth-order valence-electron chi connectivity index (χ4n) is 4.06. The molecule has 35 heavy (non-hydrogen) atoms. The monoisotopic (exact) mass is 471 g/mol. The van der Waals surface area contributed by atoms with Gasteiger partial charge in [-0.15, -0.1) is 0 Å². The SMILES string of the molecule is Cc1ccc(C(=O)Nc2nccnc2C(=O)NC2CCN(C(=O)CCc3ccccc3)CC2)cc1. The summed E-state index contributed by atoms with van der Waals surface area (Å²) < 4.78 is 0. The molecule has 0 bridgehead atoms. The fraction of sp³-hybridized carbons (Fsp3) is 0.296. The number of benzene rings is 2.